The van der Waals surface area contributed by atoms with Gasteiger partial charge in [-0.05, 0) is 24.1 Å². The third-order valence-electron chi connectivity index (χ3n) is 3.91. The molecule has 2 aliphatic heterocycles. The summed E-state index contributed by atoms with van der Waals surface area (Å²) < 4.78 is 6.02. The van der Waals surface area contributed by atoms with E-state index in [9.17, 15) is 0 Å². The molecule has 0 aromatic carbocycles. The van der Waals surface area contributed by atoms with E-state index in [0.29, 0.717) is 6.10 Å². The molecule has 1 N–H and O–H groups in total. The number of aryl methyl sites for hydroxylation is 1. The average Bonchev–Trinajstić information content (AvgIpc) is 2.57. The van der Waals surface area contributed by atoms with Crippen LogP contribution in [0.1, 0.15) is 25.3 Å². The van der Waals surface area contributed by atoms with Crippen molar-refractivity contribution in [2.75, 3.05) is 24.5 Å². The monoisotopic (exact) mass is 286 g/mol. The molecule has 2 aliphatic rings. The third-order valence-corrected chi connectivity index (χ3v) is 3.91. The molecule has 1 aromatic heterocycles. The second-order valence-corrected chi connectivity index (χ2v) is 5.40. The highest BCUT2D eigenvalue weighted by molar-refractivity contribution is 5.30. The Morgan fingerprint density at radius 2 is 2.05 bits per heavy atom. The van der Waals surface area contributed by atoms with Crippen molar-refractivity contribution >= 4 is 5.95 Å². The van der Waals surface area contributed by atoms with Gasteiger partial charge in [0.25, 0.3) is 0 Å². The number of hydrogen-bond acceptors (Lipinski definition) is 5. The van der Waals surface area contributed by atoms with Crippen LogP contribution >= 0.6 is 0 Å². The van der Waals surface area contributed by atoms with Crippen molar-refractivity contribution in [3.8, 4) is 0 Å². The highest BCUT2D eigenvalue weighted by Gasteiger charge is 2.22. The van der Waals surface area contributed by atoms with Gasteiger partial charge >= 0.3 is 0 Å². The maximum atomic E-state index is 6.02. The Bertz CT molecular complexity index is 516. The van der Waals surface area contributed by atoms with Crippen LogP contribution in [0.15, 0.2) is 36.5 Å². The van der Waals surface area contributed by atoms with Crippen LogP contribution in [0.5, 0.6) is 0 Å². The molecule has 3 heterocycles. The first-order chi connectivity index (χ1) is 10.3. The first kappa shape index (κ1) is 13.9. The second kappa shape index (κ2) is 6.61. The second-order valence-electron chi connectivity index (χ2n) is 5.40. The van der Waals surface area contributed by atoms with Gasteiger partial charge in [-0.1, -0.05) is 6.92 Å². The predicted molar refractivity (Wildman–Crippen MR) is 83.0 cm³/mol. The molecular formula is C16H22N4O. The van der Waals surface area contributed by atoms with Gasteiger partial charge < -0.3 is 15.0 Å². The van der Waals surface area contributed by atoms with E-state index in [1.165, 1.54) is 5.56 Å². The molecule has 1 aromatic rings. The summed E-state index contributed by atoms with van der Waals surface area (Å²) >= 11 is 0. The number of dihydropyridines is 1. The number of aromatic nitrogens is 2. The molecule has 0 amide bonds. The van der Waals surface area contributed by atoms with Crippen molar-refractivity contribution in [2.24, 2.45) is 0 Å². The van der Waals surface area contributed by atoms with Crippen molar-refractivity contribution in [3.63, 3.8) is 0 Å². The molecule has 112 valence electrons. The Balaban J connectivity index is 1.52. The molecule has 0 saturated carbocycles. The summed E-state index contributed by atoms with van der Waals surface area (Å²) in [7, 11) is 0. The SMILES string of the molecule is CCc1cnc(N2CCC(OC3=CCNC=C3)CC2)nc1. The van der Waals surface area contributed by atoms with Crippen molar-refractivity contribution in [1.29, 1.82) is 0 Å². The van der Waals surface area contributed by atoms with Crippen LogP contribution in [0.25, 0.3) is 0 Å². The fraction of sp³-hybridized carbons (Fsp3) is 0.500. The van der Waals surface area contributed by atoms with Crippen LogP contribution in [0, 0.1) is 0 Å². The predicted octanol–water partition coefficient (Wildman–Crippen LogP) is 2.03. The van der Waals surface area contributed by atoms with Crippen LogP contribution in [-0.4, -0.2) is 35.7 Å². The number of nitrogens with one attached hydrogen (secondary N) is 1. The lowest BCUT2D eigenvalue weighted by atomic mass is 10.1. The van der Waals surface area contributed by atoms with Crippen molar-refractivity contribution in [2.45, 2.75) is 32.3 Å². The smallest absolute Gasteiger partial charge is 0.225 e. The molecular weight excluding hydrogens is 264 g/mol. The van der Waals surface area contributed by atoms with Crippen LogP contribution in [0.4, 0.5) is 5.95 Å². The topological polar surface area (TPSA) is 50.3 Å². The first-order valence-corrected chi connectivity index (χ1v) is 7.68. The molecule has 1 saturated heterocycles. The van der Waals surface area contributed by atoms with Gasteiger partial charge in [0, 0.05) is 51.1 Å². The number of allylic oxidation sites excluding steroid dienone is 1. The van der Waals surface area contributed by atoms with Gasteiger partial charge in [-0.3, -0.25) is 0 Å². The lowest BCUT2D eigenvalue weighted by Gasteiger charge is -2.32. The van der Waals surface area contributed by atoms with E-state index >= 15 is 0 Å². The number of piperidine rings is 1. The fourth-order valence-corrected chi connectivity index (χ4v) is 2.58. The molecule has 3 rings (SSSR count). The first-order valence-electron chi connectivity index (χ1n) is 7.68. The van der Waals surface area contributed by atoms with Gasteiger partial charge in [-0.15, -0.1) is 0 Å². The summed E-state index contributed by atoms with van der Waals surface area (Å²) in [6.45, 7) is 4.87. The van der Waals surface area contributed by atoms with Crippen LogP contribution in [0.3, 0.4) is 0 Å². The minimum absolute atomic E-state index is 0.296. The van der Waals surface area contributed by atoms with Gasteiger partial charge in [0.2, 0.25) is 5.95 Å². The summed E-state index contributed by atoms with van der Waals surface area (Å²) in [6, 6.07) is 0. The Labute approximate surface area is 125 Å². The van der Waals surface area contributed by atoms with Crippen LogP contribution in [-0.2, 0) is 11.2 Å². The zero-order valence-corrected chi connectivity index (χ0v) is 12.5. The molecule has 0 atom stereocenters. The molecule has 0 aliphatic carbocycles. The maximum absolute atomic E-state index is 6.02. The molecule has 5 nitrogen and oxygen atoms in total. The fourth-order valence-electron chi connectivity index (χ4n) is 2.58. The Morgan fingerprint density at radius 1 is 1.29 bits per heavy atom. The number of hydrogen-bond donors (Lipinski definition) is 1. The lowest BCUT2D eigenvalue weighted by molar-refractivity contribution is 0.101. The van der Waals surface area contributed by atoms with E-state index in [0.717, 1.165) is 50.6 Å². The highest BCUT2D eigenvalue weighted by atomic mass is 16.5. The van der Waals surface area contributed by atoms with E-state index in [4.69, 9.17) is 4.74 Å². The van der Waals surface area contributed by atoms with Gasteiger partial charge in [0.05, 0.1) is 0 Å². The quantitative estimate of drug-likeness (QED) is 0.918. The molecule has 0 bridgehead atoms. The molecule has 5 heteroatoms. The Morgan fingerprint density at radius 3 is 2.67 bits per heavy atom. The minimum Gasteiger partial charge on any atom is -0.491 e. The van der Waals surface area contributed by atoms with E-state index in [1.807, 2.05) is 24.7 Å². The maximum Gasteiger partial charge on any atom is 0.225 e. The zero-order valence-electron chi connectivity index (χ0n) is 12.5. The molecule has 0 radical (unpaired) electrons. The Kier molecular flexibility index (Phi) is 4.38. The normalized spacial score (nSPS) is 19.1. The third kappa shape index (κ3) is 3.54. The van der Waals surface area contributed by atoms with E-state index in [2.05, 4.69) is 33.2 Å². The van der Waals surface area contributed by atoms with Crippen molar-refractivity contribution in [3.05, 3.63) is 42.1 Å². The van der Waals surface area contributed by atoms with E-state index in [-0.39, 0.29) is 0 Å². The minimum atomic E-state index is 0.296. The molecule has 0 unspecified atom stereocenters. The van der Waals surface area contributed by atoms with E-state index in [1.54, 1.807) is 0 Å². The van der Waals surface area contributed by atoms with Gasteiger partial charge in [-0.2, -0.15) is 0 Å². The summed E-state index contributed by atoms with van der Waals surface area (Å²) in [5.74, 6) is 1.82. The van der Waals surface area contributed by atoms with E-state index < -0.39 is 0 Å². The average molecular weight is 286 g/mol. The van der Waals surface area contributed by atoms with Crippen LogP contribution < -0.4 is 10.2 Å². The highest BCUT2D eigenvalue weighted by Crippen LogP contribution is 2.20. The molecule has 1 fully saturated rings. The Hall–Kier alpha value is -2.04. The number of nitrogens with zero attached hydrogens (tertiary/aromatic N) is 3. The lowest BCUT2D eigenvalue weighted by Crippen LogP contribution is -2.38. The van der Waals surface area contributed by atoms with Gasteiger partial charge in [-0.25, -0.2) is 9.97 Å². The number of anilines is 1. The molecule has 21 heavy (non-hydrogen) atoms. The summed E-state index contributed by atoms with van der Waals surface area (Å²) in [5, 5.41) is 3.13. The standard InChI is InChI=1S/C16H22N4O/c1-2-13-11-18-16(19-12-13)20-9-5-15(6-10-20)21-14-3-7-17-8-4-14/h3-4,7,11-12,15,17H,2,5-6,8-10H2,1H3. The molecule has 0 spiro atoms. The summed E-state index contributed by atoms with van der Waals surface area (Å²) in [5.41, 5.74) is 1.18. The summed E-state index contributed by atoms with van der Waals surface area (Å²) in [6.07, 6.45) is 13.2. The van der Waals surface area contributed by atoms with Crippen molar-refractivity contribution in [1.82, 2.24) is 15.3 Å². The van der Waals surface area contributed by atoms with Gasteiger partial charge in [0.1, 0.15) is 11.9 Å². The number of rotatable bonds is 4. The largest absolute Gasteiger partial charge is 0.491 e. The van der Waals surface area contributed by atoms with Gasteiger partial charge in [0.15, 0.2) is 0 Å². The summed E-state index contributed by atoms with van der Waals surface area (Å²) in [4.78, 5) is 11.2. The van der Waals surface area contributed by atoms with Crippen molar-refractivity contribution < 1.29 is 4.74 Å². The van der Waals surface area contributed by atoms with Crippen LogP contribution in [0.2, 0.25) is 0 Å². The zero-order chi connectivity index (χ0) is 14.5. The number of ether oxygens (including phenoxy) is 1.